The van der Waals surface area contributed by atoms with Gasteiger partial charge in [0.05, 0.1) is 23.3 Å². The molecule has 2 heterocycles. The van der Waals surface area contributed by atoms with Crippen LogP contribution in [0, 0.1) is 22.7 Å². The Balaban J connectivity index is 1.33. The minimum Gasteiger partial charge on any atom is -0.340 e. The first-order valence-corrected chi connectivity index (χ1v) is 13.1. The summed E-state index contributed by atoms with van der Waals surface area (Å²) in [6.07, 6.45) is 1.89. The molecule has 0 aromatic heterocycles. The van der Waals surface area contributed by atoms with Crippen molar-refractivity contribution < 1.29 is 0 Å². The molecule has 8 rings (SSSR count). The highest BCUT2D eigenvalue weighted by molar-refractivity contribution is 6.27. The molecule has 0 aliphatic carbocycles. The topological polar surface area (TPSA) is 54.1 Å². The molecule has 2 aliphatic rings. The summed E-state index contributed by atoms with van der Waals surface area (Å²) in [7, 11) is 0. The summed E-state index contributed by atoms with van der Waals surface area (Å²) in [6, 6.07) is 34.7. The van der Waals surface area contributed by atoms with E-state index in [1.807, 2.05) is 24.3 Å². The fourth-order valence-electron chi connectivity index (χ4n) is 6.68. The van der Waals surface area contributed by atoms with Gasteiger partial charge in [-0.15, -0.1) is 0 Å². The highest BCUT2D eigenvalue weighted by atomic mass is 15.2. The molecule has 0 unspecified atom stereocenters. The Morgan fingerprint density at radius 1 is 0.500 bits per heavy atom. The van der Waals surface area contributed by atoms with E-state index in [2.05, 4.69) is 82.6 Å². The second kappa shape index (κ2) is 7.72. The highest BCUT2D eigenvalue weighted by Crippen LogP contribution is 2.46. The van der Waals surface area contributed by atoms with E-state index in [1.165, 1.54) is 66.2 Å². The van der Waals surface area contributed by atoms with E-state index < -0.39 is 0 Å². The molecule has 6 aromatic carbocycles. The molecule has 2 aliphatic heterocycles. The Morgan fingerprint density at radius 2 is 0.921 bits per heavy atom. The molecule has 178 valence electrons. The van der Waals surface area contributed by atoms with Crippen molar-refractivity contribution in [3.8, 4) is 12.1 Å². The third-order valence-corrected chi connectivity index (χ3v) is 8.41. The van der Waals surface area contributed by atoms with Gasteiger partial charge in [-0.2, -0.15) is 10.5 Å². The van der Waals surface area contributed by atoms with Crippen molar-refractivity contribution in [2.75, 3.05) is 22.9 Å². The molecular formula is C34H22N4. The summed E-state index contributed by atoms with van der Waals surface area (Å²) in [6.45, 7) is 1.82. The second-order valence-corrected chi connectivity index (χ2v) is 10.3. The lowest BCUT2D eigenvalue weighted by molar-refractivity contribution is 1.00. The lowest BCUT2D eigenvalue weighted by Crippen LogP contribution is -2.14. The third kappa shape index (κ3) is 2.83. The third-order valence-electron chi connectivity index (χ3n) is 8.41. The number of nitrogens with zero attached hydrogens (tertiary/aromatic N) is 4. The Kier molecular flexibility index (Phi) is 4.28. The van der Waals surface area contributed by atoms with Crippen LogP contribution in [0.4, 0.5) is 22.7 Å². The molecular weight excluding hydrogens is 464 g/mol. The molecule has 0 fully saturated rings. The average molecular weight is 487 g/mol. The van der Waals surface area contributed by atoms with E-state index in [0.29, 0.717) is 0 Å². The number of benzene rings is 6. The summed E-state index contributed by atoms with van der Waals surface area (Å²) in [5.41, 5.74) is 8.76. The van der Waals surface area contributed by atoms with E-state index in [9.17, 15) is 10.5 Å². The Hall–Kier alpha value is -5.06. The van der Waals surface area contributed by atoms with Gasteiger partial charge in [0.15, 0.2) is 0 Å². The number of fused-ring (bicyclic) bond motifs is 2. The van der Waals surface area contributed by atoms with Crippen LogP contribution in [0.25, 0.3) is 32.3 Å². The maximum atomic E-state index is 9.35. The van der Waals surface area contributed by atoms with Crippen LogP contribution in [0.5, 0.6) is 0 Å². The highest BCUT2D eigenvalue weighted by Gasteiger charge is 2.26. The normalized spacial score (nSPS) is 14.3. The maximum absolute atomic E-state index is 9.35. The van der Waals surface area contributed by atoms with Gasteiger partial charge in [0.2, 0.25) is 0 Å². The van der Waals surface area contributed by atoms with Crippen molar-refractivity contribution in [3.05, 3.63) is 107 Å². The Morgan fingerprint density at radius 3 is 1.37 bits per heavy atom. The molecule has 0 atom stereocenters. The van der Waals surface area contributed by atoms with Gasteiger partial charge < -0.3 is 9.80 Å². The first kappa shape index (κ1) is 21.1. The predicted molar refractivity (Wildman–Crippen MR) is 154 cm³/mol. The van der Waals surface area contributed by atoms with Gasteiger partial charge in [-0.1, -0.05) is 36.4 Å². The second-order valence-electron chi connectivity index (χ2n) is 10.3. The van der Waals surface area contributed by atoms with Crippen molar-refractivity contribution in [1.29, 1.82) is 10.5 Å². The lowest BCUT2D eigenvalue weighted by Gasteiger charge is -2.25. The quantitative estimate of drug-likeness (QED) is 0.235. The fourth-order valence-corrected chi connectivity index (χ4v) is 6.68. The zero-order valence-electron chi connectivity index (χ0n) is 20.7. The predicted octanol–water partition coefficient (Wildman–Crippen LogP) is 7.72. The zero-order chi connectivity index (χ0) is 25.4. The summed E-state index contributed by atoms with van der Waals surface area (Å²) in [5, 5.41) is 26.3. The van der Waals surface area contributed by atoms with Gasteiger partial charge in [0, 0.05) is 46.6 Å². The van der Waals surface area contributed by atoms with E-state index >= 15 is 0 Å². The van der Waals surface area contributed by atoms with E-state index in [1.54, 1.807) is 0 Å². The van der Waals surface area contributed by atoms with Gasteiger partial charge in [-0.3, -0.25) is 0 Å². The maximum Gasteiger partial charge on any atom is 0.0991 e. The van der Waals surface area contributed by atoms with Gasteiger partial charge in [-0.25, -0.2) is 0 Å². The van der Waals surface area contributed by atoms with E-state index in [-0.39, 0.29) is 0 Å². The van der Waals surface area contributed by atoms with Crippen LogP contribution in [0.15, 0.2) is 84.9 Å². The molecule has 6 aromatic rings. The van der Waals surface area contributed by atoms with Crippen molar-refractivity contribution in [3.63, 3.8) is 0 Å². The summed E-state index contributed by atoms with van der Waals surface area (Å²) in [5.74, 6) is 0. The standard InChI is InChI=1S/C34H22N4/c35-19-21-1-9-29-25(17-21)13-15-37(29)31-11-5-23-4-8-28-32(12-6-24-3-7-27(31)33(23)34(24)28)38-16-14-26-18-22(20-36)2-10-30(26)38/h1-12,17-18H,13-16H2. The smallest absolute Gasteiger partial charge is 0.0991 e. The Labute approximate surface area is 220 Å². The van der Waals surface area contributed by atoms with Gasteiger partial charge in [0.25, 0.3) is 0 Å². The van der Waals surface area contributed by atoms with Crippen LogP contribution in [0.1, 0.15) is 22.3 Å². The fraction of sp³-hybridized carbons (Fsp3) is 0.118. The molecule has 0 N–H and O–H groups in total. The van der Waals surface area contributed by atoms with Crippen molar-refractivity contribution in [1.82, 2.24) is 0 Å². The molecule has 38 heavy (non-hydrogen) atoms. The minimum absolute atomic E-state index is 0.723. The summed E-state index contributed by atoms with van der Waals surface area (Å²) >= 11 is 0. The van der Waals surface area contributed by atoms with Crippen LogP contribution in [0.3, 0.4) is 0 Å². The molecule has 0 saturated heterocycles. The Bertz CT molecular complexity index is 1880. The van der Waals surface area contributed by atoms with E-state index in [4.69, 9.17) is 0 Å². The largest absolute Gasteiger partial charge is 0.340 e. The van der Waals surface area contributed by atoms with Crippen LogP contribution >= 0.6 is 0 Å². The van der Waals surface area contributed by atoms with Crippen LogP contribution < -0.4 is 9.80 Å². The first-order valence-electron chi connectivity index (χ1n) is 13.1. The van der Waals surface area contributed by atoms with Crippen molar-refractivity contribution in [2.45, 2.75) is 12.8 Å². The molecule has 0 amide bonds. The van der Waals surface area contributed by atoms with Gasteiger partial charge in [0.1, 0.15) is 0 Å². The molecule has 4 heteroatoms. The summed E-state index contributed by atoms with van der Waals surface area (Å²) in [4.78, 5) is 4.82. The van der Waals surface area contributed by atoms with E-state index in [0.717, 1.165) is 37.1 Å². The van der Waals surface area contributed by atoms with Crippen LogP contribution in [0.2, 0.25) is 0 Å². The number of rotatable bonds is 2. The first-order chi connectivity index (χ1) is 18.7. The molecule has 4 nitrogen and oxygen atoms in total. The molecule has 0 radical (unpaired) electrons. The van der Waals surface area contributed by atoms with Crippen LogP contribution in [-0.4, -0.2) is 13.1 Å². The average Bonchev–Trinajstić information content (AvgIpc) is 3.59. The number of anilines is 4. The SMILES string of the molecule is N#Cc1ccc2c(c1)CCN2c1ccc2ccc3c(N4CCc5cc(C#N)ccc54)ccc4ccc1c2c43. The zero-order valence-corrected chi connectivity index (χ0v) is 20.7. The van der Waals surface area contributed by atoms with Crippen molar-refractivity contribution >= 4 is 55.1 Å². The van der Waals surface area contributed by atoms with Crippen molar-refractivity contribution in [2.24, 2.45) is 0 Å². The number of hydrogen-bond donors (Lipinski definition) is 0. The molecule has 0 bridgehead atoms. The van der Waals surface area contributed by atoms with Crippen LogP contribution in [-0.2, 0) is 12.8 Å². The number of nitriles is 2. The number of hydrogen-bond acceptors (Lipinski definition) is 4. The summed E-state index contributed by atoms with van der Waals surface area (Å²) < 4.78 is 0. The lowest BCUT2D eigenvalue weighted by atomic mass is 9.92. The monoisotopic (exact) mass is 486 g/mol. The molecule has 0 spiro atoms. The van der Waals surface area contributed by atoms with Gasteiger partial charge >= 0.3 is 0 Å². The molecule has 0 saturated carbocycles. The van der Waals surface area contributed by atoms with Gasteiger partial charge in [-0.05, 0) is 94.0 Å². The minimum atomic E-state index is 0.723.